The van der Waals surface area contributed by atoms with Gasteiger partial charge in [0.1, 0.15) is 12.2 Å². The molecular weight excluding hydrogens is 242 g/mol. The summed E-state index contributed by atoms with van der Waals surface area (Å²) in [5.41, 5.74) is 2.38. The van der Waals surface area contributed by atoms with E-state index in [2.05, 4.69) is 10.3 Å². The minimum absolute atomic E-state index is 0.212. The van der Waals surface area contributed by atoms with E-state index in [-0.39, 0.29) is 6.54 Å². The number of hydrogen-bond donors (Lipinski definition) is 1. The van der Waals surface area contributed by atoms with Crippen molar-refractivity contribution in [1.29, 1.82) is 0 Å². The molecule has 0 bridgehead atoms. The Morgan fingerprint density at radius 2 is 2.29 bits per heavy atom. The fourth-order valence-electron chi connectivity index (χ4n) is 1.47. The Morgan fingerprint density at radius 1 is 1.53 bits per heavy atom. The van der Waals surface area contributed by atoms with Gasteiger partial charge in [0.25, 0.3) is 0 Å². The van der Waals surface area contributed by atoms with Crippen LogP contribution in [-0.2, 0) is 11.3 Å². The molecule has 2 rings (SSSR count). The van der Waals surface area contributed by atoms with Crippen LogP contribution in [0.3, 0.4) is 0 Å². The Hall–Kier alpha value is -1.88. The number of rotatable bonds is 3. The van der Waals surface area contributed by atoms with E-state index in [0.717, 1.165) is 11.1 Å². The van der Waals surface area contributed by atoms with Crippen molar-refractivity contribution >= 4 is 17.6 Å². The van der Waals surface area contributed by atoms with Crippen LogP contribution in [0.4, 0.5) is 0 Å². The third-order valence-electron chi connectivity index (χ3n) is 2.23. The normalized spacial score (nSPS) is 10.5. The molecule has 1 aromatic carbocycles. The van der Waals surface area contributed by atoms with Gasteiger partial charge in [-0.2, -0.15) is 0 Å². The Labute approximate surface area is 103 Å². The Bertz CT molecular complexity index is 566. The Morgan fingerprint density at radius 3 is 3.00 bits per heavy atom. The summed E-state index contributed by atoms with van der Waals surface area (Å²) in [6, 6.07) is 5.56. The van der Waals surface area contributed by atoms with Gasteiger partial charge in [-0.1, -0.05) is 28.4 Å². The van der Waals surface area contributed by atoms with Crippen LogP contribution < -0.4 is 0 Å². The molecule has 88 valence electrons. The van der Waals surface area contributed by atoms with Gasteiger partial charge in [-0.15, -0.1) is 5.10 Å². The number of halogens is 1. The van der Waals surface area contributed by atoms with Crippen LogP contribution in [0.2, 0.25) is 5.02 Å². The zero-order valence-corrected chi connectivity index (χ0v) is 9.85. The average Bonchev–Trinajstić information content (AvgIpc) is 2.69. The number of aliphatic carboxylic acids is 1. The molecule has 17 heavy (non-hydrogen) atoms. The maximum Gasteiger partial charge on any atom is 0.325 e. The SMILES string of the molecule is Cc1ccc(Cl)c(-c2cn(CC(=O)O)nn2)c1. The second kappa shape index (κ2) is 4.55. The van der Waals surface area contributed by atoms with Gasteiger partial charge in [-0.25, -0.2) is 4.68 Å². The number of aromatic nitrogens is 3. The predicted molar refractivity (Wildman–Crippen MR) is 62.8 cm³/mol. The zero-order valence-electron chi connectivity index (χ0n) is 9.09. The molecule has 1 aromatic heterocycles. The molecule has 1 heterocycles. The highest BCUT2D eigenvalue weighted by Gasteiger charge is 2.09. The number of hydrogen-bond acceptors (Lipinski definition) is 3. The highest BCUT2D eigenvalue weighted by Crippen LogP contribution is 2.26. The van der Waals surface area contributed by atoms with Crippen LogP contribution in [-0.4, -0.2) is 26.1 Å². The number of carbonyl (C=O) groups is 1. The van der Waals surface area contributed by atoms with Gasteiger partial charge in [0.05, 0.1) is 11.2 Å². The average molecular weight is 252 g/mol. The molecule has 0 radical (unpaired) electrons. The summed E-state index contributed by atoms with van der Waals surface area (Å²) in [4.78, 5) is 10.5. The van der Waals surface area contributed by atoms with Crippen LogP contribution in [0.15, 0.2) is 24.4 Å². The molecule has 0 fully saturated rings. The molecule has 0 saturated carbocycles. The van der Waals surface area contributed by atoms with E-state index in [9.17, 15) is 4.79 Å². The first kappa shape index (κ1) is 11.6. The Kier molecular flexibility index (Phi) is 3.10. The lowest BCUT2D eigenvalue weighted by Gasteiger charge is -2.00. The van der Waals surface area contributed by atoms with Crippen molar-refractivity contribution in [3.8, 4) is 11.3 Å². The molecule has 0 amide bonds. The van der Waals surface area contributed by atoms with Crippen molar-refractivity contribution in [2.24, 2.45) is 0 Å². The lowest BCUT2D eigenvalue weighted by atomic mass is 10.1. The fourth-order valence-corrected chi connectivity index (χ4v) is 1.69. The molecule has 5 nitrogen and oxygen atoms in total. The van der Waals surface area contributed by atoms with Crippen LogP contribution in [0.1, 0.15) is 5.56 Å². The molecule has 0 saturated heterocycles. The predicted octanol–water partition coefficient (Wildman–Crippen LogP) is 1.99. The maximum atomic E-state index is 10.5. The second-order valence-electron chi connectivity index (χ2n) is 3.68. The summed E-state index contributed by atoms with van der Waals surface area (Å²) in [6.45, 7) is 1.73. The maximum absolute atomic E-state index is 10.5. The van der Waals surface area contributed by atoms with E-state index < -0.39 is 5.97 Å². The summed E-state index contributed by atoms with van der Waals surface area (Å²) < 4.78 is 1.26. The minimum Gasteiger partial charge on any atom is -0.480 e. The van der Waals surface area contributed by atoms with Crippen molar-refractivity contribution in [2.75, 3.05) is 0 Å². The lowest BCUT2D eigenvalue weighted by Crippen LogP contribution is -2.08. The van der Waals surface area contributed by atoms with Crippen LogP contribution in [0.25, 0.3) is 11.3 Å². The summed E-state index contributed by atoms with van der Waals surface area (Å²) in [7, 11) is 0. The number of benzene rings is 1. The first-order valence-electron chi connectivity index (χ1n) is 4.95. The number of carboxylic acids is 1. The van der Waals surface area contributed by atoms with E-state index in [1.807, 2.05) is 19.1 Å². The van der Waals surface area contributed by atoms with Crippen molar-refractivity contribution < 1.29 is 9.90 Å². The molecule has 2 aromatic rings. The van der Waals surface area contributed by atoms with E-state index in [4.69, 9.17) is 16.7 Å². The van der Waals surface area contributed by atoms with Crippen LogP contribution in [0, 0.1) is 6.92 Å². The number of nitrogens with zero attached hydrogens (tertiary/aromatic N) is 3. The van der Waals surface area contributed by atoms with Gasteiger partial charge in [0, 0.05) is 5.56 Å². The molecule has 0 aliphatic heterocycles. The second-order valence-corrected chi connectivity index (χ2v) is 4.09. The minimum atomic E-state index is -0.961. The summed E-state index contributed by atoms with van der Waals surface area (Å²) >= 11 is 6.05. The van der Waals surface area contributed by atoms with E-state index >= 15 is 0 Å². The number of aryl methyl sites for hydroxylation is 1. The standard InChI is InChI=1S/C11H10ClN3O2/c1-7-2-3-9(12)8(4-7)10-5-15(14-13-10)6-11(16)17/h2-5H,6H2,1H3,(H,16,17). The van der Waals surface area contributed by atoms with Crippen molar-refractivity contribution in [1.82, 2.24) is 15.0 Å². The molecule has 6 heteroatoms. The van der Waals surface area contributed by atoms with Gasteiger partial charge < -0.3 is 5.11 Å². The van der Waals surface area contributed by atoms with Crippen LogP contribution >= 0.6 is 11.6 Å². The quantitative estimate of drug-likeness (QED) is 0.906. The smallest absolute Gasteiger partial charge is 0.325 e. The van der Waals surface area contributed by atoms with Crippen molar-refractivity contribution in [3.05, 3.63) is 35.0 Å². The fraction of sp³-hybridized carbons (Fsp3) is 0.182. The van der Waals surface area contributed by atoms with Gasteiger partial charge in [-0.05, 0) is 19.1 Å². The van der Waals surface area contributed by atoms with Gasteiger partial charge in [0.15, 0.2) is 0 Å². The molecule has 0 unspecified atom stereocenters. The van der Waals surface area contributed by atoms with Crippen molar-refractivity contribution in [2.45, 2.75) is 13.5 Å². The monoisotopic (exact) mass is 251 g/mol. The molecule has 0 aliphatic carbocycles. The van der Waals surface area contributed by atoms with Gasteiger partial charge >= 0.3 is 5.97 Å². The van der Waals surface area contributed by atoms with Crippen LogP contribution in [0.5, 0.6) is 0 Å². The van der Waals surface area contributed by atoms with Crippen molar-refractivity contribution in [3.63, 3.8) is 0 Å². The molecule has 0 aliphatic rings. The largest absolute Gasteiger partial charge is 0.480 e. The first-order chi connectivity index (χ1) is 8.06. The molecule has 1 N–H and O–H groups in total. The summed E-state index contributed by atoms with van der Waals surface area (Å²) in [5.74, 6) is -0.961. The zero-order chi connectivity index (χ0) is 12.4. The first-order valence-corrected chi connectivity index (χ1v) is 5.32. The molecule has 0 spiro atoms. The topological polar surface area (TPSA) is 68.0 Å². The lowest BCUT2D eigenvalue weighted by molar-refractivity contribution is -0.137. The van der Waals surface area contributed by atoms with E-state index in [1.54, 1.807) is 12.3 Å². The third kappa shape index (κ3) is 2.62. The number of carboxylic acid groups (broad SMARTS) is 1. The highest BCUT2D eigenvalue weighted by atomic mass is 35.5. The van der Waals surface area contributed by atoms with Gasteiger partial charge in [0.2, 0.25) is 0 Å². The third-order valence-corrected chi connectivity index (χ3v) is 2.56. The van der Waals surface area contributed by atoms with E-state index in [0.29, 0.717) is 10.7 Å². The Balaban J connectivity index is 2.36. The molecular formula is C11H10ClN3O2. The molecule has 0 atom stereocenters. The van der Waals surface area contributed by atoms with E-state index in [1.165, 1.54) is 4.68 Å². The highest BCUT2D eigenvalue weighted by molar-refractivity contribution is 6.33. The summed E-state index contributed by atoms with van der Waals surface area (Å²) in [5, 5.41) is 16.8. The summed E-state index contributed by atoms with van der Waals surface area (Å²) in [6.07, 6.45) is 1.56. The van der Waals surface area contributed by atoms with Gasteiger partial charge in [-0.3, -0.25) is 4.79 Å².